The molecule has 0 atom stereocenters. The molecule has 0 N–H and O–H groups in total. The highest BCUT2D eigenvalue weighted by Gasteiger charge is 2.32. The van der Waals surface area contributed by atoms with Gasteiger partial charge in [-0.3, -0.25) is 9.78 Å². The molecule has 0 bridgehead atoms. The van der Waals surface area contributed by atoms with Crippen molar-refractivity contribution >= 4 is 28.9 Å². The monoisotopic (exact) mass is 573 g/mol. The molecule has 1 fully saturated rings. The fourth-order valence-electron chi connectivity index (χ4n) is 5.18. The normalized spacial score (nSPS) is 12.8. The van der Waals surface area contributed by atoms with E-state index in [2.05, 4.69) is 56.6 Å². The Morgan fingerprint density at radius 3 is 2.37 bits per heavy atom. The first kappa shape index (κ1) is 30.6. The fraction of sp³-hybridized carbons (Fsp3) is 0.424. The van der Waals surface area contributed by atoms with Gasteiger partial charge in [0.05, 0.1) is 23.9 Å². The number of aromatic nitrogens is 3. The van der Waals surface area contributed by atoms with Crippen LogP contribution in [0.2, 0.25) is 0 Å². The summed E-state index contributed by atoms with van der Waals surface area (Å²) >= 11 is 1.56. The molecule has 218 valence electrons. The van der Waals surface area contributed by atoms with Gasteiger partial charge in [0.2, 0.25) is 0 Å². The van der Waals surface area contributed by atoms with Gasteiger partial charge in [-0.25, -0.2) is 4.52 Å². The summed E-state index contributed by atoms with van der Waals surface area (Å²) in [5.74, 6) is 1.29. The zero-order chi connectivity index (χ0) is 29.5. The molecule has 3 aromatic heterocycles. The van der Waals surface area contributed by atoms with E-state index in [4.69, 9.17) is 9.84 Å². The summed E-state index contributed by atoms with van der Waals surface area (Å²) in [6, 6.07) is 14.0. The van der Waals surface area contributed by atoms with E-state index in [-0.39, 0.29) is 5.91 Å². The summed E-state index contributed by atoms with van der Waals surface area (Å²) in [5.41, 5.74) is 6.56. The van der Waals surface area contributed by atoms with Crippen molar-refractivity contribution in [3.05, 3.63) is 71.5 Å². The molecule has 41 heavy (non-hydrogen) atoms. The van der Waals surface area contributed by atoms with Crippen LogP contribution in [-0.2, 0) is 0 Å². The van der Waals surface area contributed by atoms with Crippen molar-refractivity contribution in [3.63, 3.8) is 0 Å². The highest BCUT2D eigenvalue weighted by atomic mass is 32.2. The maximum atomic E-state index is 13.7. The van der Waals surface area contributed by atoms with Crippen LogP contribution in [0, 0.1) is 19.8 Å². The number of benzene rings is 1. The fourth-order valence-corrected chi connectivity index (χ4v) is 5.76. The van der Waals surface area contributed by atoms with E-state index >= 15 is 0 Å². The average molecular weight is 574 g/mol. The SMILES string of the molecule is CCN(CC)CC.COc1cc(C)cc(C)c1-c1cccc2c(N(CC3CC3)C(=O)c3cccnc3)c(SC)nn12. The minimum atomic E-state index is -0.0419. The van der Waals surface area contributed by atoms with Crippen LogP contribution < -0.4 is 9.64 Å². The van der Waals surface area contributed by atoms with Crippen LogP contribution in [0.25, 0.3) is 16.8 Å². The summed E-state index contributed by atoms with van der Waals surface area (Å²) in [6.45, 7) is 15.0. The third-order valence-electron chi connectivity index (χ3n) is 7.62. The number of rotatable bonds is 10. The summed E-state index contributed by atoms with van der Waals surface area (Å²) in [7, 11) is 1.70. The second-order valence-corrected chi connectivity index (χ2v) is 11.2. The van der Waals surface area contributed by atoms with Crippen molar-refractivity contribution in [3.8, 4) is 17.0 Å². The second-order valence-electron chi connectivity index (χ2n) is 10.4. The molecule has 0 spiro atoms. The van der Waals surface area contributed by atoms with Crippen LogP contribution in [0.3, 0.4) is 0 Å². The van der Waals surface area contributed by atoms with Crippen molar-refractivity contribution in [2.45, 2.75) is 52.5 Å². The van der Waals surface area contributed by atoms with E-state index < -0.39 is 0 Å². The van der Waals surface area contributed by atoms with Crippen molar-refractivity contribution in [1.29, 1.82) is 0 Å². The number of amides is 1. The molecular weight excluding hydrogens is 530 g/mol. The molecule has 1 aliphatic rings. The Morgan fingerprint density at radius 2 is 1.80 bits per heavy atom. The van der Waals surface area contributed by atoms with Crippen molar-refractivity contribution < 1.29 is 9.53 Å². The van der Waals surface area contributed by atoms with Crippen molar-refractivity contribution in [2.24, 2.45) is 5.92 Å². The van der Waals surface area contributed by atoms with Gasteiger partial charge < -0.3 is 14.5 Å². The number of fused-ring (bicyclic) bond motifs is 1. The van der Waals surface area contributed by atoms with E-state index in [0.29, 0.717) is 18.0 Å². The van der Waals surface area contributed by atoms with Gasteiger partial charge in [0, 0.05) is 24.5 Å². The van der Waals surface area contributed by atoms with Crippen molar-refractivity contribution in [1.82, 2.24) is 19.5 Å². The van der Waals surface area contributed by atoms with Crippen LogP contribution in [0.1, 0.15) is 55.1 Å². The van der Waals surface area contributed by atoms with E-state index in [9.17, 15) is 4.79 Å². The number of carbonyl (C=O) groups is 1. The molecule has 1 aliphatic carbocycles. The Hall–Kier alpha value is -3.36. The van der Waals surface area contributed by atoms with Gasteiger partial charge in [-0.1, -0.05) is 32.9 Å². The number of hydrogen-bond donors (Lipinski definition) is 0. The highest BCUT2D eigenvalue weighted by molar-refractivity contribution is 7.98. The zero-order valence-electron chi connectivity index (χ0n) is 25.5. The summed E-state index contributed by atoms with van der Waals surface area (Å²) < 4.78 is 7.72. The molecule has 3 heterocycles. The standard InChI is InChI=1S/C27H28N4O2S.C6H15N/c1-17-13-18(2)24(23(14-17)33-3)21-8-5-9-22-25(26(34-4)29-31(21)22)30(16-19-10-11-19)27(32)20-7-6-12-28-15-20;1-4-7(5-2)6-3/h5-9,12-15,19H,10-11,16H2,1-4H3;4-6H2,1-3H3. The first-order valence-electron chi connectivity index (χ1n) is 14.5. The average Bonchev–Trinajstić information content (AvgIpc) is 3.74. The largest absolute Gasteiger partial charge is 0.496 e. The Kier molecular flexibility index (Phi) is 10.5. The molecule has 4 aromatic rings. The maximum Gasteiger partial charge on any atom is 0.259 e. The van der Waals surface area contributed by atoms with Crippen LogP contribution in [0.5, 0.6) is 5.75 Å². The molecule has 0 aliphatic heterocycles. The third kappa shape index (κ3) is 6.93. The molecule has 1 amide bonds. The van der Waals surface area contributed by atoms with E-state index in [1.54, 1.807) is 37.3 Å². The lowest BCUT2D eigenvalue weighted by Crippen LogP contribution is -2.33. The van der Waals surface area contributed by atoms with Crippen LogP contribution in [0.15, 0.2) is 59.9 Å². The summed E-state index contributed by atoms with van der Waals surface area (Å²) in [6.07, 6.45) is 7.63. The van der Waals surface area contributed by atoms with Gasteiger partial charge in [-0.05, 0) is 100.0 Å². The smallest absolute Gasteiger partial charge is 0.259 e. The van der Waals surface area contributed by atoms with Gasteiger partial charge in [0.1, 0.15) is 16.5 Å². The lowest BCUT2D eigenvalue weighted by atomic mass is 10.0. The maximum absolute atomic E-state index is 13.7. The van der Waals surface area contributed by atoms with Crippen molar-refractivity contribution in [2.75, 3.05) is 44.4 Å². The van der Waals surface area contributed by atoms with E-state index in [1.807, 2.05) is 39.9 Å². The Morgan fingerprint density at radius 1 is 1.07 bits per heavy atom. The number of nitrogens with zero attached hydrogens (tertiary/aromatic N) is 5. The Bertz CT molecular complexity index is 1460. The van der Waals surface area contributed by atoms with Gasteiger partial charge in [-0.15, -0.1) is 11.8 Å². The van der Waals surface area contributed by atoms with Gasteiger partial charge in [0.15, 0.2) is 0 Å². The number of ether oxygens (including phenoxy) is 1. The molecule has 0 saturated heterocycles. The quantitative estimate of drug-likeness (QED) is 0.188. The third-order valence-corrected chi connectivity index (χ3v) is 8.28. The Balaban J connectivity index is 0.000000493. The zero-order valence-corrected chi connectivity index (χ0v) is 26.3. The Labute approximate surface area is 248 Å². The van der Waals surface area contributed by atoms with Crippen LogP contribution in [-0.4, -0.2) is 64.9 Å². The number of aryl methyl sites for hydroxylation is 2. The number of carbonyl (C=O) groups excluding carboxylic acids is 1. The summed E-state index contributed by atoms with van der Waals surface area (Å²) in [5, 5.41) is 5.81. The van der Waals surface area contributed by atoms with Gasteiger partial charge in [-0.2, -0.15) is 5.10 Å². The van der Waals surface area contributed by atoms with Gasteiger partial charge in [0.25, 0.3) is 5.91 Å². The molecular formula is C33H43N5O2S. The summed E-state index contributed by atoms with van der Waals surface area (Å²) in [4.78, 5) is 22.1. The molecule has 0 unspecified atom stereocenters. The molecule has 8 heteroatoms. The topological polar surface area (TPSA) is 63.0 Å². The van der Waals surface area contributed by atoms with Crippen LogP contribution in [0.4, 0.5) is 5.69 Å². The minimum absolute atomic E-state index is 0.0419. The predicted molar refractivity (Wildman–Crippen MR) is 171 cm³/mol. The number of pyridine rings is 2. The predicted octanol–water partition coefficient (Wildman–Crippen LogP) is 7.15. The first-order chi connectivity index (χ1) is 19.9. The van der Waals surface area contributed by atoms with E-state index in [1.165, 1.54) is 19.6 Å². The molecule has 1 saturated carbocycles. The van der Waals surface area contributed by atoms with Gasteiger partial charge >= 0.3 is 0 Å². The molecule has 5 rings (SSSR count). The first-order valence-corrected chi connectivity index (χ1v) is 15.7. The van der Waals surface area contributed by atoms with Crippen LogP contribution >= 0.6 is 11.8 Å². The lowest BCUT2D eigenvalue weighted by Gasteiger charge is -2.23. The highest BCUT2D eigenvalue weighted by Crippen LogP contribution is 2.41. The molecule has 0 radical (unpaired) electrons. The number of hydrogen-bond acceptors (Lipinski definition) is 6. The molecule has 1 aromatic carbocycles. The number of methoxy groups -OCH3 is 1. The minimum Gasteiger partial charge on any atom is -0.496 e. The number of thioether (sulfide) groups is 1. The molecule has 7 nitrogen and oxygen atoms in total. The second kappa shape index (κ2) is 14.0. The number of anilines is 1. The van der Waals surface area contributed by atoms with E-state index in [0.717, 1.165) is 57.2 Å². The lowest BCUT2D eigenvalue weighted by molar-refractivity contribution is 0.0985.